The first kappa shape index (κ1) is 14.0. The van der Waals surface area contributed by atoms with Crippen LogP contribution in [0.2, 0.25) is 0 Å². The van der Waals surface area contributed by atoms with Crippen molar-refractivity contribution < 1.29 is 9.18 Å². The lowest BCUT2D eigenvalue weighted by molar-refractivity contribution is -0.127. The molecule has 1 aliphatic carbocycles. The van der Waals surface area contributed by atoms with E-state index in [4.69, 9.17) is 0 Å². The van der Waals surface area contributed by atoms with Crippen molar-refractivity contribution in [2.75, 3.05) is 0 Å². The number of halogens is 1. The number of amides is 1. The van der Waals surface area contributed by atoms with Crippen LogP contribution in [0.15, 0.2) is 24.3 Å². The predicted octanol–water partition coefficient (Wildman–Crippen LogP) is 3.55. The largest absolute Gasteiger partial charge is 0.353 e. The van der Waals surface area contributed by atoms with Gasteiger partial charge in [-0.2, -0.15) is 0 Å². The maximum Gasteiger partial charge on any atom is 0.230 e. The number of carbonyl (C=O) groups is 1. The highest BCUT2D eigenvalue weighted by Crippen LogP contribution is 2.41. The molecule has 1 fully saturated rings. The lowest BCUT2D eigenvalue weighted by Crippen LogP contribution is -2.46. The van der Waals surface area contributed by atoms with Crippen LogP contribution in [0.1, 0.15) is 51.5 Å². The molecule has 0 aliphatic heterocycles. The van der Waals surface area contributed by atoms with Crippen LogP contribution < -0.4 is 5.32 Å². The number of hydrogen-bond acceptors (Lipinski definition) is 1. The molecule has 1 amide bonds. The van der Waals surface area contributed by atoms with Gasteiger partial charge in [-0.05, 0) is 43.9 Å². The summed E-state index contributed by atoms with van der Waals surface area (Å²) < 4.78 is 13.1. The molecule has 3 heteroatoms. The Balaban J connectivity index is 2.27. The van der Waals surface area contributed by atoms with Gasteiger partial charge in [0, 0.05) is 6.04 Å². The Bertz CT molecular complexity index is 435. The van der Waals surface area contributed by atoms with E-state index >= 15 is 0 Å². The SMILES string of the molecule is CCC(C)NC(=O)C1(c2ccc(F)cc2)CCCC1. The van der Waals surface area contributed by atoms with E-state index < -0.39 is 5.41 Å². The summed E-state index contributed by atoms with van der Waals surface area (Å²) in [6, 6.07) is 6.61. The minimum Gasteiger partial charge on any atom is -0.353 e. The highest BCUT2D eigenvalue weighted by Gasteiger charge is 2.42. The van der Waals surface area contributed by atoms with E-state index in [2.05, 4.69) is 12.2 Å². The second kappa shape index (κ2) is 5.72. The van der Waals surface area contributed by atoms with Crippen molar-refractivity contribution in [2.24, 2.45) is 0 Å². The van der Waals surface area contributed by atoms with Crippen LogP contribution in [-0.4, -0.2) is 11.9 Å². The Morgan fingerprint density at radius 3 is 2.42 bits per heavy atom. The summed E-state index contributed by atoms with van der Waals surface area (Å²) in [5.41, 5.74) is 0.504. The summed E-state index contributed by atoms with van der Waals surface area (Å²) >= 11 is 0. The van der Waals surface area contributed by atoms with E-state index in [1.807, 2.05) is 6.92 Å². The van der Waals surface area contributed by atoms with E-state index in [0.717, 1.165) is 37.7 Å². The zero-order valence-electron chi connectivity index (χ0n) is 11.7. The molecule has 0 radical (unpaired) electrons. The smallest absolute Gasteiger partial charge is 0.230 e. The van der Waals surface area contributed by atoms with Gasteiger partial charge in [0.05, 0.1) is 5.41 Å². The molecule has 0 aromatic heterocycles. The molecular formula is C16H22FNO. The molecule has 1 N–H and O–H groups in total. The quantitative estimate of drug-likeness (QED) is 0.884. The molecule has 1 aromatic carbocycles. The zero-order valence-corrected chi connectivity index (χ0v) is 11.7. The minimum absolute atomic E-state index is 0.103. The molecular weight excluding hydrogens is 241 g/mol. The van der Waals surface area contributed by atoms with Crippen LogP contribution in [0, 0.1) is 5.82 Å². The predicted molar refractivity (Wildman–Crippen MR) is 74.4 cm³/mol. The van der Waals surface area contributed by atoms with E-state index in [1.165, 1.54) is 12.1 Å². The van der Waals surface area contributed by atoms with Crippen molar-refractivity contribution in [3.05, 3.63) is 35.6 Å². The number of rotatable bonds is 4. The third-order valence-electron chi connectivity index (χ3n) is 4.28. The van der Waals surface area contributed by atoms with Crippen molar-refractivity contribution >= 4 is 5.91 Å². The topological polar surface area (TPSA) is 29.1 Å². The molecule has 1 unspecified atom stereocenters. The van der Waals surface area contributed by atoms with Crippen LogP contribution in [0.3, 0.4) is 0 Å². The fourth-order valence-electron chi connectivity index (χ4n) is 2.86. The van der Waals surface area contributed by atoms with Gasteiger partial charge in [0.2, 0.25) is 5.91 Å². The monoisotopic (exact) mass is 263 g/mol. The number of hydrogen-bond donors (Lipinski definition) is 1. The Morgan fingerprint density at radius 1 is 1.32 bits per heavy atom. The zero-order chi connectivity index (χ0) is 13.9. The van der Waals surface area contributed by atoms with Crippen molar-refractivity contribution in [3.8, 4) is 0 Å². The number of benzene rings is 1. The first-order chi connectivity index (χ1) is 9.08. The molecule has 0 saturated heterocycles. The molecule has 0 heterocycles. The van der Waals surface area contributed by atoms with Crippen molar-refractivity contribution in [2.45, 2.75) is 57.4 Å². The third kappa shape index (κ3) is 2.80. The molecule has 2 nitrogen and oxygen atoms in total. The molecule has 2 rings (SSSR count). The maximum absolute atomic E-state index is 13.1. The first-order valence-corrected chi connectivity index (χ1v) is 7.15. The molecule has 19 heavy (non-hydrogen) atoms. The van der Waals surface area contributed by atoms with E-state index in [0.29, 0.717) is 0 Å². The van der Waals surface area contributed by atoms with Crippen LogP contribution in [0.25, 0.3) is 0 Å². The van der Waals surface area contributed by atoms with Crippen LogP contribution >= 0.6 is 0 Å². The van der Waals surface area contributed by atoms with Gasteiger partial charge in [-0.15, -0.1) is 0 Å². The lowest BCUT2D eigenvalue weighted by atomic mass is 9.78. The summed E-state index contributed by atoms with van der Waals surface area (Å²) in [7, 11) is 0. The van der Waals surface area contributed by atoms with Gasteiger partial charge in [0.15, 0.2) is 0 Å². The molecule has 104 valence electrons. The molecule has 1 atom stereocenters. The van der Waals surface area contributed by atoms with Crippen molar-refractivity contribution in [1.29, 1.82) is 0 Å². The van der Waals surface area contributed by atoms with Gasteiger partial charge in [0.25, 0.3) is 0 Å². The Hall–Kier alpha value is -1.38. The van der Waals surface area contributed by atoms with Crippen molar-refractivity contribution in [3.63, 3.8) is 0 Å². The van der Waals surface area contributed by atoms with Crippen molar-refractivity contribution in [1.82, 2.24) is 5.32 Å². The van der Waals surface area contributed by atoms with E-state index in [1.54, 1.807) is 12.1 Å². The molecule has 0 bridgehead atoms. The maximum atomic E-state index is 13.1. The second-order valence-corrected chi connectivity index (χ2v) is 5.58. The highest BCUT2D eigenvalue weighted by atomic mass is 19.1. The standard InChI is InChI=1S/C16H22FNO/c1-3-12(2)18-15(19)16(10-4-5-11-16)13-6-8-14(17)9-7-13/h6-9,12H,3-5,10-11H2,1-2H3,(H,18,19). The fraction of sp³-hybridized carbons (Fsp3) is 0.562. The van der Waals surface area contributed by atoms with Gasteiger partial charge >= 0.3 is 0 Å². The Morgan fingerprint density at radius 2 is 1.89 bits per heavy atom. The van der Waals surface area contributed by atoms with Crippen LogP contribution in [0.4, 0.5) is 4.39 Å². The summed E-state index contributed by atoms with van der Waals surface area (Å²) in [5.74, 6) is -0.148. The normalized spacial score (nSPS) is 19.1. The lowest BCUT2D eigenvalue weighted by Gasteiger charge is -2.30. The third-order valence-corrected chi connectivity index (χ3v) is 4.28. The molecule has 1 aliphatic rings. The van der Waals surface area contributed by atoms with Gasteiger partial charge < -0.3 is 5.32 Å². The summed E-state index contributed by atoms with van der Waals surface area (Å²) in [6.45, 7) is 4.08. The fourth-order valence-corrected chi connectivity index (χ4v) is 2.86. The van der Waals surface area contributed by atoms with E-state index in [-0.39, 0.29) is 17.8 Å². The summed E-state index contributed by atoms with van der Waals surface area (Å²) in [4.78, 5) is 12.6. The summed E-state index contributed by atoms with van der Waals surface area (Å²) in [5, 5.41) is 3.09. The van der Waals surface area contributed by atoms with Gasteiger partial charge in [-0.25, -0.2) is 4.39 Å². The first-order valence-electron chi connectivity index (χ1n) is 7.15. The second-order valence-electron chi connectivity index (χ2n) is 5.58. The molecule has 1 saturated carbocycles. The van der Waals surface area contributed by atoms with Gasteiger partial charge in [-0.1, -0.05) is 31.9 Å². The van der Waals surface area contributed by atoms with Gasteiger partial charge in [0.1, 0.15) is 5.82 Å². The molecule has 1 aromatic rings. The van der Waals surface area contributed by atoms with Crippen LogP contribution in [0.5, 0.6) is 0 Å². The minimum atomic E-state index is -0.447. The average molecular weight is 263 g/mol. The highest BCUT2D eigenvalue weighted by molar-refractivity contribution is 5.88. The average Bonchev–Trinajstić information content (AvgIpc) is 2.90. The summed E-state index contributed by atoms with van der Waals surface area (Å²) in [6.07, 6.45) is 4.77. The number of nitrogens with one attached hydrogen (secondary N) is 1. The Labute approximate surface area is 114 Å². The van der Waals surface area contributed by atoms with Crippen LogP contribution in [-0.2, 0) is 10.2 Å². The van der Waals surface area contributed by atoms with Gasteiger partial charge in [-0.3, -0.25) is 4.79 Å². The molecule has 0 spiro atoms. The number of carbonyl (C=O) groups excluding carboxylic acids is 1. The Kier molecular flexibility index (Phi) is 4.23. The van der Waals surface area contributed by atoms with E-state index in [9.17, 15) is 9.18 Å².